The summed E-state index contributed by atoms with van der Waals surface area (Å²) in [5.74, 6) is 2.55. The molecule has 0 spiro atoms. The molecule has 1 aromatic carbocycles. The quantitative estimate of drug-likeness (QED) is 0.620. The zero-order valence-electron chi connectivity index (χ0n) is 15.0. The van der Waals surface area contributed by atoms with Gasteiger partial charge in [-0.1, -0.05) is 11.6 Å². The van der Waals surface area contributed by atoms with Gasteiger partial charge in [-0.3, -0.25) is 0 Å². The number of hydrogen-bond acceptors (Lipinski definition) is 6. The lowest BCUT2D eigenvalue weighted by molar-refractivity contribution is 0.150. The van der Waals surface area contributed by atoms with E-state index in [1.54, 1.807) is 30.8 Å². The number of aromatic nitrogens is 2. The van der Waals surface area contributed by atoms with Crippen molar-refractivity contribution in [2.24, 2.45) is 0 Å². The van der Waals surface area contributed by atoms with Gasteiger partial charge in [0.1, 0.15) is 34.6 Å². The Morgan fingerprint density at radius 1 is 1.15 bits per heavy atom. The number of halogens is 1. The maximum absolute atomic E-state index is 6.36. The number of piperidine rings is 1. The Hall–Kier alpha value is -2.05. The van der Waals surface area contributed by atoms with Crippen molar-refractivity contribution in [3.05, 3.63) is 41.0 Å². The molecule has 0 aliphatic carbocycles. The van der Waals surface area contributed by atoms with Gasteiger partial charge < -0.3 is 14.4 Å². The van der Waals surface area contributed by atoms with Gasteiger partial charge in [-0.25, -0.2) is 9.97 Å². The summed E-state index contributed by atoms with van der Waals surface area (Å²) in [6.07, 6.45) is 6.17. The van der Waals surface area contributed by atoms with Crippen LogP contribution in [0.15, 0.2) is 36.0 Å². The minimum atomic E-state index is 0.171. The molecule has 2 aliphatic rings. The fourth-order valence-corrected chi connectivity index (χ4v) is 5.38. The molecule has 2 atom stereocenters. The van der Waals surface area contributed by atoms with Crippen molar-refractivity contribution >= 4 is 39.0 Å². The van der Waals surface area contributed by atoms with Crippen LogP contribution in [-0.2, 0) is 0 Å². The molecule has 4 heterocycles. The SMILES string of the molecule is COc1ccc(OC2C[C@@H]3CC[C@@H](C2)N3c2ncnc3sccc23)c(Cl)c1. The highest BCUT2D eigenvalue weighted by Crippen LogP contribution is 2.42. The minimum absolute atomic E-state index is 0.171. The number of nitrogens with zero attached hydrogens (tertiary/aromatic N) is 3. The van der Waals surface area contributed by atoms with Crippen molar-refractivity contribution in [3.8, 4) is 11.5 Å². The predicted octanol–water partition coefficient (Wildman–Crippen LogP) is 4.93. The molecule has 0 saturated carbocycles. The smallest absolute Gasteiger partial charge is 0.141 e. The first-order valence-electron chi connectivity index (χ1n) is 9.19. The molecular formula is C20H20ClN3O2S. The fourth-order valence-electron chi connectivity index (χ4n) is 4.44. The summed E-state index contributed by atoms with van der Waals surface area (Å²) in [6.45, 7) is 0. The van der Waals surface area contributed by atoms with Crippen LogP contribution >= 0.6 is 22.9 Å². The van der Waals surface area contributed by atoms with E-state index < -0.39 is 0 Å². The molecule has 27 heavy (non-hydrogen) atoms. The Kier molecular flexibility index (Phi) is 4.32. The lowest BCUT2D eigenvalue weighted by Gasteiger charge is -2.40. The summed E-state index contributed by atoms with van der Waals surface area (Å²) in [5.41, 5.74) is 0. The second kappa shape index (κ2) is 6.84. The number of thiophene rings is 1. The first-order valence-corrected chi connectivity index (χ1v) is 10.5. The normalized spacial score (nSPS) is 24.4. The van der Waals surface area contributed by atoms with E-state index in [1.165, 1.54) is 12.8 Å². The largest absolute Gasteiger partial charge is 0.497 e. The number of benzene rings is 1. The molecular weight excluding hydrogens is 382 g/mol. The molecule has 2 aliphatic heterocycles. The Labute approximate surface area is 166 Å². The zero-order valence-corrected chi connectivity index (χ0v) is 16.5. The van der Waals surface area contributed by atoms with Crippen molar-refractivity contribution in [1.29, 1.82) is 0 Å². The molecule has 0 unspecified atom stereocenters. The monoisotopic (exact) mass is 401 g/mol. The molecule has 2 saturated heterocycles. The summed E-state index contributed by atoms with van der Waals surface area (Å²) in [7, 11) is 1.64. The van der Waals surface area contributed by atoms with Gasteiger partial charge in [-0.05, 0) is 36.4 Å². The summed E-state index contributed by atoms with van der Waals surface area (Å²) < 4.78 is 11.5. The third-order valence-electron chi connectivity index (χ3n) is 5.61. The predicted molar refractivity (Wildman–Crippen MR) is 108 cm³/mol. The fraction of sp³-hybridized carbons (Fsp3) is 0.400. The maximum atomic E-state index is 6.36. The van der Waals surface area contributed by atoms with E-state index in [9.17, 15) is 0 Å². The van der Waals surface area contributed by atoms with E-state index >= 15 is 0 Å². The van der Waals surface area contributed by atoms with Gasteiger partial charge in [0.25, 0.3) is 0 Å². The van der Waals surface area contributed by atoms with E-state index in [1.807, 2.05) is 12.1 Å². The second-order valence-corrected chi connectivity index (χ2v) is 8.44. The molecule has 5 nitrogen and oxygen atoms in total. The first kappa shape index (κ1) is 17.1. The first-order chi connectivity index (χ1) is 13.2. The van der Waals surface area contributed by atoms with Gasteiger partial charge in [0.15, 0.2) is 0 Å². The number of hydrogen-bond donors (Lipinski definition) is 0. The highest BCUT2D eigenvalue weighted by molar-refractivity contribution is 7.16. The topological polar surface area (TPSA) is 47.5 Å². The number of anilines is 1. The van der Waals surface area contributed by atoms with Crippen LogP contribution in [0, 0.1) is 0 Å². The molecule has 0 N–H and O–H groups in total. The lowest BCUT2D eigenvalue weighted by Crippen LogP contribution is -2.47. The summed E-state index contributed by atoms with van der Waals surface area (Å²) >= 11 is 8.03. The van der Waals surface area contributed by atoms with Gasteiger partial charge in [-0.15, -0.1) is 11.3 Å². The van der Waals surface area contributed by atoms with Crippen molar-refractivity contribution in [3.63, 3.8) is 0 Å². The average molecular weight is 402 g/mol. The molecule has 2 aromatic heterocycles. The van der Waals surface area contributed by atoms with Crippen LogP contribution in [0.2, 0.25) is 5.02 Å². The van der Waals surface area contributed by atoms with E-state index in [4.69, 9.17) is 21.1 Å². The Balaban J connectivity index is 1.37. The van der Waals surface area contributed by atoms with Crippen LogP contribution in [0.5, 0.6) is 11.5 Å². The number of rotatable bonds is 4. The Bertz CT molecular complexity index is 965. The van der Waals surface area contributed by atoms with E-state index in [0.717, 1.165) is 40.4 Å². The molecule has 140 valence electrons. The van der Waals surface area contributed by atoms with Crippen LogP contribution in [0.1, 0.15) is 25.7 Å². The van der Waals surface area contributed by atoms with Crippen molar-refractivity contribution < 1.29 is 9.47 Å². The number of ether oxygens (including phenoxy) is 2. The third-order valence-corrected chi connectivity index (χ3v) is 6.72. The van der Waals surface area contributed by atoms with E-state index in [-0.39, 0.29) is 6.10 Å². The van der Waals surface area contributed by atoms with Crippen LogP contribution in [-0.4, -0.2) is 35.3 Å². The van der Waals surface area contributed by atoms with Crippen LogP contribution in [0.25, 0.3) is 10.2 Å². The molecule has 3 aromatic rings. The lowest BCUT2D eigenvalue weighted by atomic mass is 9.99. The molecule has 5 rings (SSSR count). The standard InChI is InChI=1S/C20H20ClN3O2S/c1-25-14-4-5-18(17(21)10-14)26-15-8-12-2-3-13(9-15)24(12)19-16-6-7-27-20(16)23-11-22-19/h4-7,10-13,15H,2-3,8-9H2,1H3/t12-,13-/m0/s1. The van der Waals surface area contributed by atoms with Gasteiger partial charge in [0.2, 0.25) is 0 Å². The molecule has 0 radical (unpaired) electrons. The van der Waals surface area contributed by atoms with Gasteiger partial charge >= 0.3 is 0 Å². The molecule has 7 heteroatoms. The average Bonchev–Trinajstić information content (AvgIpc) is 3.26. The van der Waals surface area contributed by atoms with Crippen LogP contribution in [0.3, 0.4) is 0 Å². The molecule has 2 bridgehead atoms. The van der Waals surface area contributed by atoms with Crippen molar-refractivity contribution in [2.75, 3.05) is 12.0 Å². The van der Waals surface area contributed by atoms with Crippen molar-refractivity contribution in [1.82, 2.24) is 9.97 Å². The number of fused-ring (bicyclic) bond motifs is 3. The zero-order chi connectivity index (χ0) is 18.4. The maximum Gasteiger partial charge on any atom is 0.141 e. The molecule has 0 amide bonds. The van der Waals surface area contributed by atoms with Crippen molar-refractivity contribution in [2.45, 2.75) is 43.9 Å². The number of methoxy groups -OCH3 is 1. The Morgan fingerprint density at radius 2 is 1.96 bits per heavy atom. The second-order valence-electron chi connectivity index (χ2n) is 7.14. The summed E-state index contributed by atoms with van der Waals surface area (Å²) in [4.78, 5) is 12.6. The van der Waals surface area contributed by atoms with Crippen LogP contribution < -0.4 is 14.4 Å². The van der Waals surface area contributed by atoms with Crippen LogP contribution in [0.4, 0.5) is 5.82 Å². The highest BCUT2D eigenvalue weighted by Gasteiger charge is 2.43. The Morgan fingerprint density at radius 3 is 2.70 bits per heavy atom. The van der Waals surface area contributed by atoms with E-state index in [2.05, 4.69) is 26.3 Å². The minimum Gasteiger partial charge on any atom is -0.497 e. The van der Waals surface area contributed by atoms with E-state index in [0.29, 0.717) is 17.1 Å². The highest BCUT2D eigenvalue weighted by atomic mass is 35.5. The summed E-state index contributed by atoms with van der Waals surface area (Å²) in [6, 6.07) is 8.62. The van der Waals surface area contributed by atoms with Gasteiger partial charge in [-0.2, -0.15) is 0 Å². The molecule has 2 fully saturated rings. The van der Waals surface area contributed by atoms with Gasteiger partial charge in [0.05, 0.1) is 17.5 Å². The summed E-state index contributed by atoms with van der Waals surface area (Å²) in [5, 5.41) is 3.85. The third kappa shape index (κ3) is 3.01. The van der Waals surface area contributed by atoms with Gasteiger partial charge in [0, 0.05) is 31.0 Å².